The molecule has 2 unspecified atom stereocenters. The lowest BCUT2D eigenvalue weighted by molar-refractivity contribution is -0.143. The first-order valence-corrected chi connectivity index (χ1v) is 21.4. The molecule has 3 aromatic rings. The minimum atomic E-state index is -1.34. The number of benzene rings is 3. The molecule has 4 bridgehead atoms. The van der Waals surface area contributed by atoms with Crippen molar-refractivity contribution in [1.29, 1.82) is 5.26 Å². The van der Waals surface area contributed by atoms with Crippen LogP contribution in [0.15, 0.2) is 54.6 Å². The number of rotatable bonds is 16. The molecule has 2 aliphatic heterocycles. The third-order valence-electron chi connectivity index (χ3n) is 11.3. The van der Waals surface area contributed by atoms with Crippen molar-refractivity contribution in [2.45, 2.75) is 95.9 Å². The summed E-state index contributed by atoms with van der Waals surface area (Å²) in [7, 11) is 1.48. The second-order valence-electron chi connectivity index (χ2n) is 16.0. The van der Waals surface area contributed by atoms with Gasteiger partial charge >= 0.3 is 0 Å². The number of nitriles is 1. The summed E-state index contributed by atoms with van der Waals surface area (Å²) < 4.78 is 12.2. The van der Waals surface area contributed by atoms with Crippen LogP contribution < -0.4 is 42.6 Å². The highest BCUT2D eigenvalue weighted by molar-refractivity contribution is 6.00. The zero-order valence-electron chi connectivity index (χ0n) is 36.2. The zero-order valence-corrected chi connectivity index (χ0v) is 36.2. The number of likely N-dealkylation sites (N-methyl/N-ethyl adjacent to an activating group) is 1. The Bertz CT molecular complexity index is 2140. The van der Waals surface area contributed by atoms with Crippen LogP contribution in [-0.2, 0) is 32.0 Å². The Hall–Kier alpha value is -6.02. The van der Waals surface area contributed by atoms with Crippen LogP contribution in [0.25, 0.3) is 11.1 Å². The van der Waals surface area contributed by atoms with E-state index in [4.69, 9.17) is 31.9 Å². The van der Waals surface area contributed by atoms with E-state index in [1.54, 1.807) is 36.4 Å². The summed E-state index contributed by atoms with van der Waals surface area (Å²) in [5.41, 5.74) is 22.6. The molecule has 332 valence electrons. The van der Waals surface area contributed by atoms with Crippen molar-refractivity contribution < 1.29 is 33.4 Å². The van der Waals surface area contributed by atoms with Crippen LogP contribution in [-0.4, -0.2) is 110 Å². The van der Waals surface area contributed by atoms with Gasteiger partial charge in [-0.3, -0.25) is 24.0 Å². The largest absolute Gasteiger partial charge is 0.492 e. The summed E-state index contributed by atoms with van der Waals surface area (Å²) in [5.74, 6) is -2.01. The van der Waals surface area contributed by atoms with Crippen LogP contribution in [0.2, 0.25) is 0 Å². The molecule has 3 aromatic carbocycles. The monoisotopic (exact) mass is 851 g/mol. The lowest BCUT2D eigenvalue weighted by atomic mass is 9.93. The summed E-state index contributed by atoms with van der Waals surface area (Å²) in [6.07, 6.45) is 5.61. The van der Waals surface area contributed by atoms with Crippen LogP contribution in [0, 0.1) is 18.3 Å². The first kappa shape index (κ1) is 47.0. The fourth-order valence-electron chi connectivity index (χ4n) is 8.05. The average molecular weight is 852 g/mol. The molecule has 5 rings (SSSR count). The molecule has 0 aromatic heterocycles. The lowest BCUT2D eigenvalue weighted by Crippen LogP contribution is -2.55. The molecular formula is C46H61N9O7. The highest BCUT2D eigenvalue weighted by Crippen LogP contribution is 2.40. The van der Waals surface area contributed by atoms with E-state index in [9.17, 15) is 24.0 Å². The second-order valence-corrected chi connectivity index (χ2v) is 16.0. The summed E-state index contributed by atoms with van der Waals surface area (Å²) in [4.78, 5) is 73.5. The van der Waals surface area contributed by atoms with Gasteiger partial charge in [0.25, 0.3) is 5.91 Å². The third-order valence-corrected chi connectivity index (χ3v) is 11.3. The van der Waals surface area contributed by atoms with E-state index < -0.39 is 53.8 Å². The van der Waals surface area contributed by atoms with Gasteiger partial charge in [-0.25, -0.2) is 0 Å². The molecule has 1 saturated heterocycles. The van der Waals surface area contributed by atoms with Gasteiger partial charge in [0.2, 0.25) is 23.6 Å². The fraction of sp³-hybridized carbons (Fsp3) is 0.478. The minimum absolute atomic E-state index is 0.0217. The van der Waals surface area contributed by atoms with E-state index >= 15 is 0 Å². The number of likely N-dealkylation sites (tertiary alicyclic amines) is 1. The predicted molar refractivity (Wildman–Crippen MR) is 235 cm³/mol. The number of carbonyl (C=O) groups is 5. The number of amides is 5. The molecule has 0 saturated carbocycles. The van der Waals surface area contributed by atoms with Crippen molar-refractivity contribution in [3.63, 3.8) is 0 Å². The molecule has 62 heavy (non-hydrogen) atoms. The Labute approximate surface area is 363 Å². The van der Waals surface area contributed by atoms with Crippen molar-refractivity contribution >= 4 is 29.5 Å². The Balaban J connectivity index is 1.58. The predicted octanol–water partition coefficient (Wildman–Crippen LogP) is 2.39. The zero-order chi connectivity index (χ0) is 44.9. The van der Waals surface area contributed by atoms with Gasteiger partial charge in [-0.05, 0) is 85.7 Å². The standard InChI is InChI=1S/C46H61N9O7/c1-5-6-7-8-9-30-10-13-34(28(2)22-30)45(59)55-27-33(50)26-38(55)46(60)54(4)41-32-12-15-40(62-21-18-49)36(25-32)35-23-31(11-14-39(35)61-20-17-48)24-37(43(57)51-19-16-47)53-42(56)29(3)52-44(41)58/h10-15,22-23,25,29,33,37-38,41H,5-9,17-21,24,26-27,48-50H2,1-4H3,(H,51,57)(H,52,58)(H,53,56)/t29-,33?,37-,38?,41-/m0/s1. The van der Waals surface area contributed by atoms with Gasteiger partial charge in [0.05, 0.1) is 6.07 Å². The number of nitrogens with two attached hydrogens (primary N) is 3. The number of carbonyl (C=O) groups excluding carboxylic acids is 5. The summed E-state index contributed by atoms with van der Waals surface area (Å²) in [6.45, 7) is 6.13. The molecule has 0 aliphatic carbocycles. The number of nitrogens with one attached hydrogen (secondary N) is 3. The van der Waals surface area contributed by atoms with Crippen LogP contribution in [0.5, 0.6) is 11.5 Å². The highest BCUT2D eigenvalue weighted by Gasteiger charge is 2.43. The van der Waals surface area contributed by atoms with Crippen LogP contribution in [0.3, 0.4) is 0 Å². The molecule has 0 radical (unpaired) electrons. The fourth-order valence-corrected chi connectivity index (χ4v) is 8.05. The number of unbranched alkanes of at least 4 members (excludes halogenated alkanes) is 3. The van der Waals surface area contributed by atoms with E-state index in [0.717, 1.165) is 36.8 Å². The summed E-state index contributed by atoms with van der Waals surface area (Å²) in [6, 6.07) is 12.9. The molecular weight excluding hydrogens is 791 g/mol. The number of nitrogens with zero attached hydrogens (tertiary/aromatic N) is 3. The van der Waals surface area contributed by atoms with Gasteiger partial charge in [0, 0.05) is 55.8 Å². The maximum atomic E-state index is 14.8. The molecule has 2 aliphatic rings. The van der Waals surface area contributed by atoms with Gasteiger partial charge in [-0.1, -0.05) is 50.5 Å². The molecule has 5 atom stereocenters. The van der Waals surface area contributed by atoms with E-state index in [1.807, 2.05) is 31.2 Å². The van der Waals surface area contributed by atoms with Gasteiger partial charge < -0.3 is 52.4 Å². The SMILES string of the molecule is CCCCCCc1ccc(C(=O)N2CC(N)CC2C(=O)N(C)[C@@H]2C(=O)N[C@@H](C)C(=O)N[C@H](C(=O)NCC#N)Cc3ccc(OCCN)c(c3)-c3cc2ccc3OCCN)c(C)c1. The number of hydrogen-bond acceptors (Lipinski definition) is 11. The average Bonchev–Trinajstić information content (AvgIpc) is 3.66. The normalized spacial score (nSPS) is 20.0. The Morgan fingerprint density at radius 1 is 0.935 bits per heavy atom. The highest BCUT2D eigenvalue weighted by atomic mass is 16.5. The van der Waals surface area contributed by atoms with E-state index in [2.05, 4.69) is 22.9 Å². The molecule has 16 nitrogen and oxygen atoms in total. The van der Waals surface area contributed by atoms with Crippen LogP contribution in [0.1, 0.15) is 84.6 Å². The molecule has 1 fully saturated rings. The first-order valence-electron chi connectivity index (χ1n) is 21.4. The van der Waals surface area contributed by atoms with E-state index in [0.29, 0.717) is 39.3 Å². The Kier molecular flexibility index (Phi) is 16.8. The quantitative estimate of drug-likeness (QED) is 0.0902. The van der Waals surface area contributed by atoms with Gasteiger partial charge in [-0.2, -0.15) is 5.26 Å². The molecule has 2 heterocycles. The van der Waals surface area contributed by atoms with Crippen molar-refractivity contribution in [3.05, 3.63) is 82.4 Å². The number of hydrogen-bond donors (Lipinski definition) is 6. The Morgan fingerprint density at radius 2 is 1.63 bits per heavy atom. The molecule has 9 N–H and O–H groups in total. The van der Waals surface area contributed by atoms with Crippen molar-refractivity contribution in [1.82, 2.24) is 25.8 Å². The van der Waals surface area contributed by atoms with Crippen molar-refractivity contribution in [3.8, 4) is 28.7 Å². The smallest absolute Gasteiger partial charge is 0.254 e. The van der Waals surface area contributed by atoms with Gasteiger partial charge in [0.1, 0.15) is 55.4 Å². The van der Waals surface area contributed by atoms with Gasteiger partial charge in [0.15, 0.2) is 0 Å². The molecule has 0 spiro atoms. The summed E-state index contributed by atoms with van der Waals surface area (Å²) in [5, 5.41) is 17.1. The van der Waals surface area contributed by atoms with Crippen LogP contribution >= 0.6 is 0 Å². The number of ether oxygens (including phenoxy) is 2. The van der Waals surface area contributed by atoms with Crippen LogP contribution in [0.4, 0.5) is 0 Å². The van der Waals surface area contributed by atoms with E-state index in [-0.39, 0.29) is 58.1 Å². The maximum Gasteiger partial charge on any atom is 0.254 e. The maximum absolute atomic E-state index is 14.8. The minimum Gasteiger partial charge on any atom is -0.492 e. The molecule has 16 heteroatoms. The van der Waals surface area contributed by atoms with Gasteiger partial charge in [-0.15, -0.1) is 0 Å². The number of fused-ring (bicyclic) bond motifs is 5. The summed E-state index contributed by atoms with van der Waals surface area (Å²) >= 11 is 0. The van der Waals surface area contributed by atoms with E-state index in [1.165, 1.54) is 30.2 Å². The Morgan fingerprint density at radius 3 is 2.29 bits per heavy atom. The third kappa shape index (κ3) is 11.5. The lowest BCUT2D eigenvalue weighted by Gasteiger charge is -2.34. The second kappa shape index (κ2) is 22.2. The topological polar surface area (TPSA) is 248 Å². The van der Waals surface area contributed by atoms with Crippen molar-refractivity contribution in [2.75, 3.05) is 46.4 Å². The molecule has 5 amide bonds. The van der Waals surface area contributed by atoms with Crippen molar-refractivity contribution in [2.24, 2.45) is 17.2 Å². The first-order chi connectivity index (χ1) is 29.8. The number of aryl methyl sites for hydroxylation is 2.